The van der Waals surface area contributed by atoms with Crippen LogP contribution in [0.1, 0.15) is 60.1 Å². The van der Waals surface area contributed by atoms with E-state index in [-0.39, 0.29) is 124 Å². The van der Waals surface area contributed by atoms with Crippen LogP contribution in [-0.2, 0) is 75.5 Å². The van der Waals surface area contributed by atoms with E-state index in [9.17, 15) is 39.0 Å². The van der Waals surface area contributed by atoms with E-state index in [0.717, 1.165) is 11.1 Å². The van der Waals surface area contributed by atoms with Crippen LogP contribution in [0.15, 0.2) is 70.3 Å². The lowest BCUT2D eigenvalue weighted by molar-refractivity contribution is -0.172. The Kier molecular flexibility index (Phi) is 11.3. The van der Waals surface area contributed by atoms with Crippen LogP contribution in [0.2, 0.25) is 0 Å². The number of aromatic nitrogens is 4. The Labute approximate surface area is 384 Å². The van der Waals surface area contributed by atoms with Gasteiger partial charge in [0.15, 0.2) is 11.2 Å². The van der Waals surface area contributed by atoms with Crippen molar-refractivity contribution in [2.75, 3.05) is 39.6 Å². The number of benzene rings is 2. The first-order valence-electron chi connectivity index (χ1n) is 21.9. The molecule has 4 aromatic heterocycles. The van der Waals surface area contributed by atoms with Crippen molar-refractivity contribution in [3.05, 3.63) is 115 Å². The van der Waals surface area contributed by atoms with Crippen LogP contribution in [0.25, 0.3) is 44.6 Å². The molecule has 8 heterocycles. The zero-order valence-corrected chi connectivity index (χ0v) is 36.7. The molecule has 0 radical (unpaired) electrons. The average Bonchev–Trinajstić information content (AvgIpc) is 3.88. The summed E-state index contributed by atoms with van der Waals surface area (Å²) < 4.78 is 45.2. The number of carbonyl (C=O) groups excluding carboxylic acids is 4. The Bertz CT molecular complexity index is 3040. The number of cyclic esters (lactones) is 2. The first-order valence-corrected chi connectivity index (χ1v) is 21.9. The van der Waals surface area contributed by atoms with Crippen molar-refractivity contribution >= 4 is 46.1 Å². The van der Waals surface area contributed by atoms with Gasteiger partial charge >= 0.3 is 24.2 Å². The molecule has 2 unspecified atom stereocenters. The number of pyridine rings is 4. The molecule has 10 rings (SSSR count). The number of nitrogens with zero attached hydrogens (tertiary/aromatic N) is 4. The monoisotopic (exact) mass is 930 g/mol. The van der Waals surface area contributed by atoms with Crippen LogP contribution in [-0.4, -0.2) is 93.2 Å². The van der Waals surface area contributed by atoms with Gasteiger partial charge in [-0.05, 0) is 73.5 Å². The molecule has 0 aliphatic carbocycles. The summed E-state index contributed by atoms with van der Waals surface area (Å²) in [4.78, 5) is 86.2. The molecular formula is C48H42N4O16. The van der Waals surface area contributed by atoms with Gasteiger partial charge in [-0.1, -0.05) is 13.8 Å². The Morgan fingerprint density at radius 2 is 1.01 bits per heavy atom. The maximum absolute atomic E-state index is 13.4. The first kappa shape index (κ1) is 44.3. The van der Waals surface area contributed by atoms with E-state index < -0.39 is 35.5 Å². The molecule has 0 amide bonds. The predicted octanol–water partition coefficient (Wildman–Crippen LogP) is 4.24. The zero-order chi connectivity index (χ0) is 47.5. The molecule has 0 spiro atoms. The number of hydrogen-bond acceptors (Lipinski definition) is 18. The highest BCUT2D eigenvalue weighted by atomic mass is 16.7. The van der Waals surface area contributed by atoms with Crippen molar-refractivity contribution in [2.24, 2.45) is 0 Å². The molecule has 4 aliphatic heterocycles. The summed E-state index contributed by atoms with van der Waals surface area (Å²) in [6.07, 6.45) is -1.81. The van der Waals surface area contributed by atoms with Gasteiger partial charge in [-0.3, -0.25) is 9.59 Å². The average molecular weight is 931 g/mol. The van der Waals surface area contributed by atoms with Crippen molar-refractivity contribution < 1.29 is 67.3 Å². The van der Waals surface area contributed by atoms with Gasteiger partial charge in [0.05, 0.1) is 84.5 Å². The van der Waals surface area contributed by atoms with E-state index in [4.69, 9.17) is 47.9 Å². The first-order chi connectivity index (χ1) is 32.8. The molecular weight excluding hydrogens is 889 g/mol. The summed E-state index contributed by atoms with van der Waals surface area (Å²) in [5.41, 5.74) is 1.03. The SMILES string of the molecule is CCC1(O)C(=O)OCc2c1cc1n(c2=O)Cc2cc3cc(OC(=O)OCCOCCOCCOC(=O)Oc4ccc5nc6c(cc5c4)Cn4c-6cc5c(c4=O)COC(=O)C5(O)CC)ccc3nc2-1. The van der Waals surface area contributed by atoms with Gasteiger partial charge in [-0.2, -0.15) is 0 Å². The quantitative estimate of drug-likeness (QED) is 0.0710. The highest BCUT2D eigenvalue weighted by molar-refractivity contribution is 5.89. The van der Waals surface area contributed by atoms with Crippen LogP contribution in [0.4, 0.5) is 9.59 Å². The number of fused-ring (bicyclic) bond motifs is 10. The number of esters is 2. The summed E-state index contributed by atoms with van der Waals surface area (Å²) in [6, 6.07) is 16.7. The maximum atomic E-state index is 13.4. The van der Waals surface area contributed by atoms with Crippen LogP contribution < -0.4 is 20.6 Å². The lowest BCUT2D eigenvalue weighted by Gasteiger charge is -2.31. The number of aliphatic hydroxyl groups is 2. The summed E-state index contributed by atoms with van der Waals surface area (Å²) in [6.45, 7) is 3.55. The fourth-order valence-electron chi connectivity index (χ4n) is 9.00. The van der Waals surface area contributed by atoms with Crippen molar-refractivity contribution in [3.8, 4) is 34.3 Å². The van der Waals surface area contributed by atoms with Crippen LogP contribution in [0, 0.1) is 0 Å². The minimum Gasteiger partial charge on any atom is -0.458 e. The molecule has 350 valence electrons. The zero-order valence-electron chi connectivity index (χ0n) is 36.7. The van der Waals surface area contributed by atoms with Gasteiger partial charge in [-0.25, -0.2) is 29.1 Å². The summed E-state index contributed by atoms with van der Waals surface area (Å²) >= 11 is 0. The fourth-order valence-corrected chi connectivity index (χ4v) is 9.00. The van der Waals surface area contributed by atoms with Gasteiger partial charge in [-0.15, -0.1) is 0 Å². The van der Waals surface area contributed by atoms with Crippen LogP contribution >= 0.6 is 0 Å². The number of ether oxygens (including phenoxy) is 8. The van der Waals surface area contributed by atoms with Crippen molar-refractivity contribution in [1.82, 2.24) is 19.1 Å². The summed E-state index contributed by atoms with van der Waals surface area (Å²) in [5.74, 6) is -1.16. The molecule has 4 aliphatic rings. The smallest absolute Gasteiger partial charge is 0.458 e. The van der Waals surface area contributed by atoms with Gasteiger partial charge in [0.2, 0.25) is 0 Å². The molecule has 6 aromatic rings. The molecule has 0 saturated heterocycles. The van der Waals surface area contributed by atoms with Crippen molar-refractivity contribution in [2.45, 2.75) is 64.2 Å². The van der Waals surface area contributed by atoms with E-state index >= 15 is 0 Å². The number of rotatable bonds is 13. The summed E-state index contributed by atoms with van der Waals surface area (Å²) in [7, 11) is 0. The van der Waals surface area contributed by atoms with Crippen molar-refractivity contribution in [1.29, 1.82) is 0 Å². The van der Waals surface area contributed by atoms with Gasteiger partial charge in [0.25, 0.3) is 11.1 Å². The third-order valence-electron chi connectivity index (χ3n) is 12.6. The molecule has 0 bridgehead atoms. The van der Waals surface area contributed by atoms with Crippen LogP contribution in [0.5, 0.6) is 11.5 Å². The van der Waals surface area contributed by atoms with Crippen LogP contribution in [0.3, 0.4) is 0 Å². The molecule has 20 nitrogen and oxygen atoms in total. The van der Waals surface area contributed by atoms with E-state index in [1.165, 1.54) is 9.13 Å². The third kappa shape index (κ3) is 7.60. The molecule has 2 aromatic carbocycles. The predicted molar refractivity (Wildman–Crippen MR) is 235 cm³/mol. The highest BCUT2D eigenvalue weighted by Gasteiger charge is 2.47. The van der Waals surface area contributed by atoms with Gasteiger partial charge in [0, 0.05) is 33.0 Å². The second-order valence-corrected chi connectivity index (χ2v) is 16.5. The number of carbonyl (C=O) groups is 4. The Morgan fingerprint density at radius 1 is 0.603 bits per heavy atom. The fraction of sp³-hybridized carbons (Fsp3) is 0.333. The summed E-state index contributed by atoms with van der Waals surface area (Å²) in [5, 5.41) is 23.5. The Morgan fingerprint density at radius 3 is 1.43 bits per heavy atom. The lowest BCUT2D eigenvalue weighted by atomic mass is 9.86. The minimum absolute atomic E-state index is 0.0393. The largest absolute Gasteiger partial charge is 0.513 e. The molecule has 2 atom stereocenters. The van der Waals surface area contributed by atoms with E-state index in [0.29, 0.717) is 44.6 Å². The molecule has 0 fully saturated rings. The standard InChI is InChI=1S/C48H42N4O16/c1-3-47(59)33-19-37-39-27(21-51(37)41(53)31(33)23-65-43(47)55)15-25-17-29(5-7-35(25)49-39)67-45(57)63-13-11-61-9-10-62-12-14-64-46(58)68-30-6-8-36-26(18-30)16-28-22-52-38(40(28)50-36)20-34-32(42(52)54)24-66-44(56)48(34,60)4-2/h5-8,15-20,59-60H,3-4,9-14,21-24H2,1-2H3. The molecule has 68 heavy (non-hydrogen) atoms. The molecule has 2 N–H and O–H groups in total. The second-order valence-electron chi connectivity index (χ2n) is 16.5. The second kappa shape index (κ2) is 17.3. The highest BCUT2D eigenvalue weighted by Crippen LogP contribution is 2.41. The third-order valence-corrected chi connectivity index (χ3v) is 12.6. The van der Waals surface area contributed by atoms with Gasteiger partial charge < -0.3 is 57.2 Å². The van der Waals surface area contributed by atoms with E-state index in [1.807, 2.05) is 12.1 Å². The van der Waals surface area contributed by atoms with E-state index in [1.54, 1.807) is 62.4 Å². The maximum Gasteiger partial charge on any atom is 0.513 e. The van der Waals surface area contributed by atoms with E-state index in [2.05, 4.69) is 0 Å². The van der Waals surface area contributed by atoms with Gasteiger partial charge in [0.1, 0.15) is 37.9 Å². The Balaban J connectivity index is 0.641. The van der Waals surface area contributed by atoms with Crippen molar-refractivity contribution in [3.63, 3.8) is 0 Å². The molecule has 0 saturated carbocycles. The number of hydrogen-bond donors (Lipinski definition) is 2. The topological polar surface area (TPSA) is 252 Å². The minimum atomic E-state index is -1.92. The lowest BCUT2D eigenvalue weighted by Crippen LogP contribution is -2.44. The molecule has 20 heteroatoms. The Hall–Kier alpha value is -7.52. The normalized spacial score (nSPS) is 18.4.